The number of rotatable bonds is 4. The Balaban J connectivity index is 1.66. The second-order valence-corrected chi connectivity index (χ2v) is 6.35. The molecule has 3 amide bonds. The molecule has 1 unspecified atom stereocenters. The molecule has 6 heteroatoms. The summed E-state index contributed by atoms with van der Waals surface area (Å²) < 4.78 is 0. The van der Waals surface area contributed by atoms with E-state index >= 15 is 0 Å². The van der Waals surface area contributed by atoms with Crippen LogP contribution < -0.4 is 15.1 Å². The van der Waals surface area contributed by atoms with Gasteiger partial charge in [0.05, 0.1) is 6.04 Å². The molecule has 130 valence electrons. The molecule has 1 heterocycles. The highest BCUT2D eigenvalue weighted by molar-refractivity contribution is 6.30. The van der Waals surface area contributed by atoms with Gasteiger partial charge in [0.2, 0.25) is 5.91 Å². The first-order valence-electron chi connectivity index (χ1n) is 8.27. The summed E-state index contributed by atoms with van der Waals surface area (Å²) in [4.78, 5) is 28.2. The number of amides is 3. The van der Waals surface area contributed by atoms with E-state index in [1.54, 1.807) is 21.9 Å². The molecule has 1 aliphatic heterocycles. The van der Waals surface area contributed by atoms with E-state index in [9.17, 15) is 9.59 Å². The third-order valence-electron chi connectivity index (χ3n) is 4.22. The van der Waals surface area contributed by atoms with Crippen LogP contribution >= 0.6 is 11.6 Å². The van der Waals surface area contributed by atoms with E-state index in [-0.39, 0.29) is 18.0 Å². The van der Waals surface area contributed by atoms with Gasteiger partial charge in [-0.05, 0) is 43.3 Å². The molecule has 1 fully saturated rings. The fraction of sp³-hybridized carbons (Fsp3) is 0.263. The number of carbonyl (C=O) groups is 2. The summed E-state index contributed by atoms with van der Waals surface area (Å²) in [5, 5.41) is 3.59. The van der Waals surface area contributed by atoms with Crippen LogP contribution in [0.5, 0.6) is 0 Å². The summed E-state index contributed by atoms with van der Waals surface area (Å²) in [6.07, 6.45) is 0.292. The van der Waals surface area contributed by atoms with Crippen molar-refractivity contribution in [1.29, 1.82) is 0 Å². The van der Waals surface area contributed by atoms with Crippen LogP contribution in [0.1, 0.15) is 13.3 Å². The van der Waals surface area contributed by atoms with Crippen molar-refractivity contribution in [2.45, 2.75) is 19.4 Å². The predicted octanol–water partition coefficient (Wildman–Crippen LogP) is 3.68. The summed E-state index contributed by atoms with van der Waals surface area (Å²) in [6.45, 7) is 2.93. The molecular formula is C19H20ClN3O2. The third-order valence-corrected chi connectivity index (χ3v) is 4.47. The normalized spacial score (nSPS) is 16.8. The van der Waals surface area contributed by atoms with Gasteiger partial charge in [-0.15, -0.1) is 0 Å². The van der Waals surface area contributed by atoms with E-state index < -0.39 is 0 Å². The summed E-state index contributed by atoms with van der Waals surface area (Å²) in [7, 11) is 0. The molecule has 0 aromatic heterocycles. The number of halogens is 1. The molecule has 1 saturated heterocycles. The summed E-state index contributed by atoms with van der Waals surface area (Å²) in [5.74, 6) is -0.00428. The average molecular weight is 358 g/mol. The minimum absolute atomic E-state index is 0.00428. The van der Waals surface area contributed by atoms with Gasteiger partial charge in [-0.1, -0.05) is 29.8 Å². The molecule has 25 heavy (non-hydrogen) atoms. The van der Waals surface area contributed by atoms with Crippen molar-refractivity contribution in [1.82, 2.24) is 5.32 Å². The van der Waals surface area contributed by atoms with E-state index in [1.165, 1.54) is 0 Å². The Kier molecular flexibility index (Phi) is 5.24. The molecule has 1 N–H and O–H groups in total. The molecule has 0 saturated carbocycles. The number of hydrogen-bond acceptors (Lipinski definition) is 2. The standard InChI is InChI=1S/C19H20ClN3O2/c1-2-22(16-6-4-3-5-7-16)19(25)21-15-12-18(24)23(13-15)17-10-8-14(20)9-11-17/h3-11,15H,2,12-13H2,1H3,(H,21,25). The summed E-state index contributed by atoms with van der Waals surface area (Å²) >= 11 is 5.90. The van der Waals surface area contributed by atoms with Crippen molar-refractivity contribution < 1.29 is 9.59 Å². The van der Waals surface area contributed by atoms with Gasteiger partial charge in [-0.25, -0.2) is 4.79 Å². The Morgan fingerprint density at radius 3 is 2.52 bits per heavy atom. The molecule has 1 atom stereocenters. The Labute approximate surface area is 152 Å². The molecule has 1 aliphatic rings. The fourth-order valence-electron chi connectivity index (χ4n) is 2.98. The van der Waals surface area contributed by atoms with Crippen molar-refractivity contribution in [3.8, 4) is 0 Å². The molecule has 0 radical (unpaired) electrons. The summed E-state index contributed by atoms with van der Waals surface area (Å²) in [5.41, 5.74) is 1.63. The molecule has 0 aliphatic carbocycles. The Morgan fingerprint density at radius 1 is 1.20 bits per heavy atom. The van der Waals surface area contributed by atoms with Gasteiger partial charge in [0.15, 0.2) is 0 Å². The minimum Gasteiger partial charge on any atom is -0.333 e. The second-order valence-electron chi connectivity index (χ2n) is 5.91. The highest BCUT2D eigenvalue weighted by Crippen LogP contribution is 2.23. The maximum absolute atomic E-state index is 12.6. The molecular weight excluding hydrogens is 338 g/mol. The van der Waals surface area contributed by atoms with Crippen LogP contribution in [0.15, 0.2) is 54.6 Å². The lowest BCUT2D eigenvalue weighted by Gasteiger charge is -2.24. The van der Waals surface area contributed by atoms with Crippen molar-refractivity contribution in [3.05, 3.63) is 59.6 Å². The SMILES string of the molecule is CCN(C(=O)NC1CC(=O)N(c2ccc(Cl)cc2)C1)c1ccccc1. The Hall–Kier alpha value is -2.53. The number of para-hydroxylation sites is 1. The zero-order chi connectivity index (χ0) is 17.8. The lowest BCUT2D eigenvalue weighted by molar-refractivity contribution is -0.117. The Morgan fingerprint density at radius 2 is 1.88 bits per heavy atom. The van der Waals surface area contributed by atoms with Gasteiger partial charge < -0.3 is 10.2 Å². The van der Waals surface area contributed by atoms with E-state index in [1.807, 2.05) is 49.4 Å². The first kappa shape index (κ1) is 17.3. The Bertz CT molecular complexity index is 749. The molecule has 3 rings (SSSR count). The van der Waals surface area contributed by atoms with E-state index in [0.717, 1.165) is 11.4 Å². The monoisotopic (exact) mass is 357 g/mol. The van der Waals surface area contributed by atoms with Gasteiger partial charge in [0.25, 0.3) is 0 Å². The van der Waals surface area contributed by atoms with Gasteiger partial charge in [-0.2, -0.15) is 0 Å². The van der Waals surface area contributed by atoms with E-state index in [2.05, 4.69) is 5.32 Å². The van der Waals surface area contributed by atoms with Crippen molar-refractivity contribution in [2.75, 3.05) is 22.9 Å². The minimum atomic E-state index is -0.214. The summed E-state index contributed by atoms with van der Waals surface area (Å²) in [6, 6.07) is 16.2. The number of urea groups is 1. The number of benzene rings is 2. The molecule has 2 aromatic rings. The number of anilines is 2. The van der Waals surface area contributed by atoms with Crippen LogP contribution in [-0.4, -0.2) is 31.1 Å². The average Bonchev–Trinajstić information content (AvgIpc) is 2.97. The van der Waals surface area contributed by atoms with E-state index in [0.29, 0.717) is 24.5 Å². The van der Waals surface area contributed by atoms with Crippen molar-refractivity contribution in [3.63, 3.8) is 0 Å². The van der Waals surface area contributed by atoms with Gasteiger partial charge in [0.1, 0.15) is 0 Å². The third kappa shape index (κ3) is 3.94. The maximum Gasteiger partial charge on any atom is 0.322 e. The van der Waals surface area contributed by atoms with Gasteiger partial charge >= 0.3 is 6.03 Å². The second kappa shape index (κ2) is 7.57. The largest absolute Gasteiger partial charge is 0.333 e. The smallest absolute Gasteiger partial charge is 0.322 e. The number of nitrogens with one attached hydrogen (secondary N) is 1. The number of nitrogens with zero attached hydrogens (tertiary/aromatic N) is 2. The van der Waals surface area contributed by atoms with Crippen LogP contribution in [0.25, 0.3) is 0 Å². The predicted molar refractivity (Wildman–Crippen MR) is 100 cm³/mol. The van der Waals surface area contributed by atoms with Crippen LogP contribution in [0, 0.1) is 0 Å². The molecule has 2 aromatic carbocycles. The number of hydrogen-bond donors (Lipinski definition) is 1. The first-order valence-corrected chi connectivity index (χ1v) is 8.65. The number of carbonyl (C=O) groups excluding carboxylic acids is 2. The quantitative estimate of drug-likeness (QED) is 0.907. The van der Waals surface area contributed by atoms with E-state index in [4.69, 9.17) is 11.6 Å². The van der Waals surface area contributed by atoms with Crippen molar-refractivity contribution >= 4 is 34.9 Å². The zero-order valence-corrected chi connectivity index (χ0v) is 14.7. The fourth-order valence-corrected chi connectivity index (χ4v) is 3.10. The highest BCUT2D eigenvalue weighted by atomic mass is 35.5. The van der Waals surface area contributed by atoms with Crippen LogP contribution in [-0.2, 0) is 4.79 Å². The highest BCUT2D eigenvalue weighted by Gasteiger charge is 2.32. The van der Waals surface area contributed by atoms with Crippen LogP contribution in [0.3, 0.4) is 0 Å². The first-order chi connectivity index (χ1) is 12.1. The molecule has 5 nitrogen and oxygen atoms in total. The van der Waals surface area contributed by atoms with Gasteiger partial charge in [0, 0.05) is 35.9 Å². The maximum atomic E-state index is 12.6. The zero-order valence-electron chi connectivity index (χ0n) is 14.0. The van der Waals surface area contributed by atoms with Gasteiger partial charge in [-0.3, -0.25) is 9.69 Å². The topological polar surface area (TPSA) is 52.7 Å². The molecule has 0 bridgehead atoms. The lowest BCUT2D eigenvalue weighted by Crippen LogP contribution is -2.46. The van der Waals surface area contributed by atoms with Crippen LogP contribution in [0.2, 0.25) is 5.02 Å². The van der Waals surface area contributed by atoms with Crippen LogP contribution in [0.4, 0.5) is 16.2 Å². The van der Waals surface area contributed by atoms with Crippen molar-refractivity contribution in [2.24, 2.45) is 0 Å². The molecule has 0 spiro atoms. The lowest BCUT2D eigenvalue weighted by atomic mass is 10.2.